The van der Waals surface area contributed by atoms with Gasteiger partial charge in [-0.3, -0.25) is 0 Å². The molecule has 0 N–H and O–H groups in total. The van der Waals surface area contributed by atoms with E-state index in [2.05, 4.69) is 38.1 Å². The molecular weight excluding hydrogens is 180 g/mol. The van der Waals surface area contributed by atoms with Gasteiger partial charge >= 0.3 is 0 Å². The summed E-state index contributed by atoms with van der Waals surface area (Å²) in [6.07, 6.45) is 2.13. The lowest BCUT2D eigenvalue weighted by Crippen LogP contribution is -1.86. The third kappa shape index (κ3) is 3.65. The Morgan fingerprint density at radius 2 is 1.92 bits per heavy atom. The largest absolute Gasteiger partial charge is 0.0930 e. The van der Waals surface area contributed by atoms with Crippen molar-refractivity contribution in [1.29, 1.82) is 0 Å². The first kappa shape index (κ1) is 10.3. The molecule has 1 heteroatoms. The molecule has 1 aromatic rings. The number of hydrogen-bond acceptors (Lipinski definition) is 0. The second kappa shape index (κ2) is 5.08. The van der Waals surface area contributed by atoms with Crippen LogP contribution in [0.25, 0.3) is 0 Å². The van der Waals surface area contributed by atoms with E-state index < -0.39 is 0 Å². The number of halogens is 1. The Morgan fingerprint density at radius 1 is 1.31 bits per heavy atom. The molecule has 0 aliphatic heterocycles. The third-order valence-electron chi connectivity index (χ3n) is 2.11. The Morgan fingerprint density at radius 3 is 2.46 bits per heavy atom. The Balaban J connectivity index is 2.51. The fraction of sp³-hybridized carbons (Fsp3) is 0.333. The molecule has 0 radical (unpaired) electrons. The molecule has 0 saturated carbocycles. The summed E-state index contributed by atoms with van der Waals surface area (Å²) in [7, 11) is 0. The van der Waals surface area contributed by atoms with Crippen molar-refractivity contribution >= 4 is 11.6 Å². The van der Waals surface area contributed by atoms with Gasteiger partial charge < -0.3 is 0 Å². The number of allylic oxidation sites excluding steroid dienone is 1. The molecule has 0 aliphatic carbocycles. The predicted octanol–water partition coefficient (Wildman–Crippen LogP) is 4.07. The normalized spacial score (nSPS) is 11.8. The standard InChI is InChI=1S/C12H15Cl/c1-10-3-6-12(7-4-10)8-5-11(2)9-13/h3-4,6-7,9H,5,8H2,1-2H3/b11-9+. The Bertz CT molecular complexity index is 282. The summed E-state index contributed by atoms with van der Waals surface area (Å²) >= 11 is 5.58. The van der Waals surface area contributed by atoms with Crippen LogP contribution >= 0.6 is 11.6 Å². The number of hydrogen-bond donors (Lipinski definition) is 0. The zero-order valence-corrected chi connectivity index (χ0v) is 8.93. The summed E-state index contributed by atoms with van der Waals surface area (Å²) in [5, 5.41) is 0. The van der Waals surface area contributed by atoms with Crippen molar-refractivity contribution < 1.29 is 0 Å². The molecule has 0 spiro atoms. The van der Waals surface area contributed by atoms with Gasteiger partial charge in [0.25, 0.3) is 0 Å². The smallest absolute Gasteiger partial charge is 0.00318 e. The van der Waals surface area contributed by atoms with Crippen molar-refractivity contribution in [3.8, 4) is 0 Å². The minimum absolute atomic E-state index is 1.05. The van der Waals surface area contributed by atoms with Crippen LogP contribution in [0.5, 0.6) is 0 Å². The molecule has 0 fully saturated rings. The number of rotatable bonds is 3. The van der Waals surface area contributed by atoms with E-state index in [9.17, 15) is 0 Å². The van der Waals surface area contributed by atoms with Crippen LogP contribution in [0.2, 0.25) is 0 Å². The second-order valence-electron chi connectivity index (χ2n) is 3.44. The van der Waals surface area contributed by atoms with E-state index in [0.717, 1.165) is 12.8 Å². The van der Waals surface area contributed by atoms with Gasteiger partial charge in [-0.1, -0.05) is 47.0 Å². The van der Waals surface area contributed by atoms with Crippen molar-refractivity contribution in [2.45, 2.75) is 26.7 Å². The number of aryl methyl sites for hydroxylation is 2. The van der Waals surface area contributed by atoms with Gasteiger partial charge in [-0.25, -0.2) is 0 Å². The van der Waals surface area contributed by atoms with Crippen LogP contribution < -0.4 is 0 Å². The maximum absolute atomic E-state index is 5.58. The molecule has 1 aromatic carbocycles. The van der Waals surface area contributed by atoms with Crippen molar-refractivity contribution in [2.75, 3.05) is 0 Å². The fourth-order valence-corrected chi connectivity index (χ4v) is 1.26. The van der Waals surface area contributed by atoms with E-state index >= 15 is 0 Å². The van der Waals surface area contributed by atoms with Crippen LogP contribution in [0.4, 0.5) is 0 Å². The zero-order valence-electron chi connectivity index (χ0n) is 8.18. The summed E-state index contributed by atoms with van der Waals surface area (Å²) < 4.78 is 0. The van der Waals surface area contributed by atoms with E-state index in [0.29, 0.717) is 0 Å². The van der Waals surface area contributed by atoms with Crippen LogP contribution in [0.3, 0.4) is 0 Å². The Kier molecular flexibility index (Phi) is 4.04. The van der Waals surface area contributed by atoms with Gasteiger partial charge in [0.05, 0.1) is 0 Å². The van der Waals surface area contributed by atoms with E-state index in [1.165, 1.54) is 16.7 Å². The molecule has 13 heavy (non-hydrogen) atoms. The highest BCUT2D eigenvalue weighted by molar-refractivity contribution is 6.25. The van der Waals surface area contributed by atoms with Crippen molar-refractivity contribution in [1.82, 2.24) is 0 Å². The fourth-order valence-electron chi connectivity index (χ4n) is 1.15. The zero-order chi connectivity index (χ0) is 9.68. The Labute approximate surface area is 85.2 Å². The van der Waals surface area contributed by atoms with Gasteiger partial charge in [-0.05, 0) is 32.3 Å². The van der Waals surface area contributed by atoms with Crippen molar-refractivity contribution in [3.63, 3.8) is 0 Å². The van der Waals surface area contributed by atoms with Crippen molar-refractivity contribution in [3.05, 3.63) is 46.5 Å². The van der Waals surface area contributed by atoms with Crippen LogP contribution in [0, 0.1) is 6.92 Å². The average molecular weight is 195 g/mol. The molecule has 0 amide bonds. The molecule has 0 saturated heterocycles. The second-order valence-corrected chi connectivity index (χ2v) is 3.66. The van der Waals surface area contributed by atoms with Gasteiger partial charge in [0.15, 0.2) is 0 Å². The first-order chi connectivity index (χ1) is 6.22. The monoisotopic (exact) mass is 194 g/mol. The molecule has 0 atom stereocenters. The molecule has 0 aliphatic rings. The van der Waals surface area contributed by atoms with E-state index in [1.54, 1.807) is 5.54 Å². The molecular formula is C12H15Cl. The van der Waals surface area contributed by atoms with E-state index in [1.807, 2.05) is 0 Å². The van der Waals surface area contributed by atoms with Gasteiger partial charge in [-0.2, -0.15) is 0 Å². The Hall–Kier alpha value is -0.750. The highest BCUT2D eigenvalue weighted by atomic mass is 35.5. The lowest BCUT2D eigenvalue weighted by atomic mass is 10.1. The lowest BCUT2D eigenvalue weighted by molar-refractivity contribution is 0.943. The molecule has 0 nitrogen and oxygen atoms in total. The highest BCUT2D eigenvalue weighted by Gasteiger charge is 1.93. The van der Waals surface area contributed by atoms with Gasteiger partial charge in [-0.15, -0.1) is 0 Å². The average Bonchev–Trinajstić information content (AvgIpc) is 2.16. The van der Waals surface area contributed by atoms with Gasteiger partial charge in [0.2, 0.25) is 0 Å². The SMILES string of the molecule is C/C(=C\Cl)CCc1ccc(C)cc1. The van der Waals surface area contributed by atoms with Crippen LogP contribution in [0.1, 0.15) is 24.5 Å². The summed E-state index contributed by atoms with van der Waals surface area (Å²) in [5.74, 6) is 0. The molecule has 0 heterocycles. The maximum atomic E-state index is 5.58. The maximum Gasteiger partial charge on any atom is 0.00318 e. The van der Waals surface area contributed by atoms with Crippen LogP contribution in [-0.2, 0) is 6.42 Å². The minimum Gasteiger partial charge on any atom is -0.0930 e. The summed E-state index contributed by atoms with van der Waals surface area (Å²) in [5.41, 5.74) is 5.59. The van der Waals surface area contributed by atoms with E-state index in [4.69, 9.17) is 11.6 Å². The van der Waals surface area contributed by atoms with Crippen LogP contribution in [0.15, 0.2) is 35.4 Å². The first-order valence-corrected chi connectivity index (χ1v) is 4.97. The summed E-state index contributed by atoms with van der Waals surface area (Å²) in [6.45, 7) is 4.16. The quantitative estimate of drug-likeness (QED) is 0.681. The van der Waals surface area contributed by atoms with Gasteiger partial charge in [0.1, 0.15) is 0 Å². The van der Waals surface area contributed by atoms with Crippen molar-refractivity contribution in [2.24, 2.45) is 0 Å². The predicted molar refractivity (Wildman–Crippen MR) is 59.1 cm³/mol. The summed E-state index contributed by atoms with van der Waals surface area (Å²) in [6, 6.07) is 8.65. The van der Waals surface area contributed by atoms with Gasteiger partial charge in [0, 0.05) is 5.54 Å². The lowest BCUT2D eigenvalue weighted by Gasteiger charge is -2.01. The molecule has 0 unspecified atom stereocenters. The molecule has 1 rings (SSSR count). The summed E-state index contributed by atoms with van der Waals surface area (Å²) in [4.78, 5) is 0. The third-order valence-corrected chi connectivity index (χ3v) is 2.49. The first-order valence-electron chi connectivity index (χ1n) is 4.54. The highest BCUT2D eigenvalue weighted by Crippen LogP contribution is 2.10. The molecule has 0 aromatic heterocycles. The van der Waals surface area contributed by atoms with E-state index in [-0.39, 0.29) is 0 Å². The molecule has 0 bridgehead atoms. The topological polar surface area (TPSA) is 0 Å². The molecule has 70 valence electrons. The minimum atomic E-state index is 1.05. The van der Waals surface area contributed by atoms with Crippen LogP contribution in [-0.4, -0.2) is 0 Å². The number of benzene rings is 1.